The zero-order valence-corrected chi connectivity index (χ0v) is 11.0. The first-order chi connectivity index (χ1) is 8.13. The van der Waals surface area contributed by atoms with E-state index in [0.29, 0.717) is 11.5 Å². The van der Waals surface area contributed by atoms with E-state index in [2.05, 4.69) is 31.2 Å². The minimum Gasteiger partial charge on any atom is -0.371 e. The highest BCUT2D eigenvalue weighted by atomic mass is 79.9. The van der Waals surface area contributed by atoms with E-state index in [1.807, 2.05) is 24.3 Å². The summed E-state index contributed by atoms with van der Waals surface area (Å²) < 4.78 is 14.5. The highest BCUT2D eigenvalue weighted by molar-refractivity contribution is 9.10. The maximum atomic E-state index is 13.6. The van der Waals surface area contributed by atoms with Crippen LogP contribution in [0, 0.1) is 12.7 Å². The van der Waals surface area contributed by atoms with Gasteiger partial charge in [-0.3, -0.25) is 0 Å². The van der Waals surface area contributed by atoms with Gasteiger partial charge in [0.15, 0.2) is 17.5 Å². The Balaban J connectivity index is 2.61. The number of aryl methyl sites for hydroxylation is 1. The summed E-state index contributed by atoms with van der Waals surface area (Å²) in [5, 5.41) is 2.72. The minimum absolute atomic E-state index is 0.211. The molecule has 0 unspecified atom stereocenters. The molecule has 1 N–H and O–H groups in total. The third-order valence-electron chi connectivity index (χ3n) is 2.37. The maximum absolute atomic E-state index is 13.6. The fourth-order valence-corrected chi connectivity index (χ4v) is 1.95. The molecule has 3 nitrogen and oxygen atoms in total. The van der Waals surface area contributed by atoms with Crippen molar-refractivity contribution >= 4 is 21.7 Å². The van der Waals surface area contributed by atoms with Crippen molar-refractivity contribution in [2.24, 2.45) is 0 Å². The van der Waals surface area contributed by atoms with Crippen molar-refractivity contribution in [1.82, 2.24) is 9.97 Å². The molecule has 0 spiro atoms. The molecule has 0 bridgehead atoms. The molecular weight excluding hydrogens is 285 g/mol. The number of halogens is 2. The molecule has 0 aliphatic rings. The van der Waals surface area contributed by atoms with Gasteiger partial charge in [0.1, 0.15) is 0 Å². The van der Waals surface area contributed by atoms with E-state index in [9.17, 15) is 4.39 Å². The van der Waals surface area contributed by atoms with Crippen LogP contribution in [0.3, 0.4) is 0 Å². The lowest BCUT2D eigenvalue weighted by molar-refractivity contribution is 0.607. The Hall–Kier alpha value is -1.49. The number of anilines is 1. The fraction of sp³-hybridized carbons (Fsp3) is 0.167. The molecular formula is C12H11BrFN3. The molecule has 88 valence electrons. The third-order valence-corrected chi connectivity index (χ3v) is 3.06. The predicted molar refractivity (Wildman–Crippen MR) is 69.4 cm³/mol. The van der Waals surface area contributed by atoms with Crippen molar-refractivity contribution in [3.8, 4) is 11.4 Å². The molecule has 1 aromatic carbocycles. The second-order valence-electron chi connectivity index (χ2n) is 3.53. The molecule has 0 fully saturated rings. The zero-order chi connectivity index (χ0) is 12.4. The zero-order valence-electron chi connectivity index (χ0n) is 9.46. The molecule has 1 heterocycles. The number of nitrogens with one attached hydrogen (secondary N) is 1. The largest absolute Gasteiger partial charge is 0.371 e. The Morgan fingerprint density at radius 3 is 2.59 bits per heavy atom. The van der Waals surface area contributed by atoms with Gasteiger partial charge in [-0.15, -0.1) is 0 Å². The summed E-state index contributed by atoms with van der Waals surface area (Å²) in [5.74, 6) is 0.298. The van der Waals surface area contributed by atoms with E-state index in [0.717, 1.165) is 10.0 Å². The summed E-state index contributed by atoms with van der Waals surface area (Å²) >= 11 is 3.43. The summed E-state index contributed by atoms with van der Waals surface area (Å²) in [6.07, 6.45) is 0. The van der Waals surface area contributed by atoms with Crippen LogP contribution in [0.5, 0.6) is 0 Å². The average molecular weight is 296 g/mol. The van der Waals surface area contributed by atoms with E-state index < -0.39 is 5.82 Å². The van der Waals surface area contributed by atoms with Gasteiger partial charge >= 0.3 is 0 Å². The lowest BCUT2D eigenvalue weighted by Crippen LogP contribution is -2.03. The normalized spacial score (nSPS) is 10.4. The number of rotatable bonds is 2. The van der Waals surface area contributed by atoms with E-state index in [4.69, 9.17) is 0 Å². The Bertz CT molecular complexity index is 557. The summed E-state index contributed by atoms with van der Waals surface area (Å²) in [7, 11) is 1.63. The van der Waals surface area contributed by atoms with E-state index >= 15 is 0 Å². The van der Waals surface area contributed by atoms with Crippen LogP contribution in [-0.4, -0.2) is 17.0 Å². The lowest BCUT2D eigenvalue weighted by atomic mass is 10.2. The molecule has 0 aliphatic carbocycles. The smallest absolute Gasteiger partial charge is 0.186 e. The molecule has 0 atom stereocenters. The van der Waals surface area contributed by atoms with Crippen molar-refractivity contribution in [3.05, 3.63) is 40.2 Å². The van der Waals surface area contributed by atoms with E-state index in [-0.39, 0.29) is 5.82 Å². The Morgan fingerprint density at radius 2 is 1.94 bits per heavy atom. The van der Waals surface area contributed by atoms with Gasteiger partial charge in [-0.05, 0) is 13.0 Å². The van der Waals surface area contributed by atoms with Crippen molar-refractivity contribution in [2.75, 3.05) is 12.4 Å². The van der Waals surface area contributed by atoms with Gasteiger partial charge in [0.25, 0.3) is 0 Å². The van der Waals surface area contributed by atoms with E-state index in [1.54, 1.807) is 14.0 Å². The minimum atomic E-state index is -0.414. The van der Waals surface area contributed by atoms with Gasteiger partial charge in [-0.2, -0.15) is 0 Å². The quantitative estimate of drug-likeness (QED) is 0.923. The molecule has 2 aromatic rings. The number of hydrogen-bond acceptors (Lipinski definition) is 3. The number of hydrogen-bond donors (Lipinski definition) is 1. The highest BCUT2D eigenvalue weighted by Crippen LogP contribution is 2.27. The highest BCUT2D eigenvalue weighted by Gasteiger charge is 2.12. The Morgan fingerprint density at radius 1 is 1.24 bits per heavy atom. The van der Waals surface area contributed by atoms with Gasteiger partial charge in [0, 0.05) is 17.1 Å². The fourth-order valence-electron chi connectivity index (χ4n) is 1.49. The number of aromatic nitrogens is 2. The standard InChI is InChI=1S/C12H11BrFN3/c1-7-10(14)12(15-2)17-11(16-7)8-5-3-4-6-9(8)13/h3-6H,1-2H3,(H,15,16,17). The molecule has 0 radical (unpaired) electrons. The molecule has 2 rings (SSSR count). The first-order valence-corrected chi connectivity index (χ1v) is 5.89. The topological polar surface area (TPSA) is 37.8 Å². The van der Waals surface area contributed by atoms with Crippen LogP contribution in [-0.2, 0) is 0 Å². The van der Waals surface area contributed by atoms with Gasteiger partial charge in [-0.25, -0.2) is 14.4 Å². The lowest BCUT2D eigenvalue weighted by Gasteiger charge is -2.08. The van der Waals surface area contributed by atoms with E-state index in [1.165, 1.54) is 0 Å². The Kier molecular flexibility index (Phi) is 3.38. The van der Waals surface area contributed by atoms with Crippen molar-refractivity contribution in [1.29, 1.82) is 0 Å². The van der Waals surface area contributed by atoms with Gasteiger partial charge in [0.05, 0.1) is 5.69 Å². The maximum Gasteiger partial charge on any atom is 0.186 e. The van der Waals surface area contributed by atoms with Crippen molar-refractivity contribution in [2.45, 2.75) is 6.92 Å². The van der Waals surface area contributed by atoms with Gasteiger partial charge in [-0.1, -0.05) is 34.1 Å². The molecule has 1 aromatic heterocycles. The molecule has 0 amide bonds. The first-order valence-electron chi connectivity index (χ1n) is 5.10. The third kappa shape index (κ3) is 2.29. The second kappa shape index (κ2) is 4.79. The Labute approximate surface area is 107 Å². The predicted octanol–water partition coefficient (Wildman–Crippen LogP) is 3.40. The van der Waals surface area contributed by atoms with Gasteiger partial charge in [0.2, 0.25) is 0 Å². The molecule has 0 aliphatic heterocycles. The van der Waals surface area contributed by atoms with Crippen LogP contribution in [0.4, 0.5) is 10.2 Å². The van der Waals surface area contributed by atoms with Crippen molar-refractivity contribution in [3.63, 3.8) is 0 Å². The van der Waals surface area contributed by atoms with Crippen LogP contribution in [0.1, 0.15) is 5.69 Å². The van der Waals surface area contributed by atoms with Crippen molar-refractivity contribution < 1.29 is 4.39 Å². The molecule has 5 heteroatoms. The first kappa shape index (κ1) is 12.0. The van der Waals surface area contributed by atoms with Crippen LogP contribution >= 0.6 is 15.9 Å². The second-order valence-corrected chi connectivity index (χ2v) is 4.38. The number of benzene rings is 1. The summed E-state index contributed by atoms with van der Waals surface area (Å²) in [5.41, 5.74) is 1.17. The molecule has 17 heavy (non-hydrogen) atoms. The van der Waals surface area contributed by atoms with Crippen LogP contribution < -0.4 is 5.32 Å². The average Bonchev–Trinajstić information content (AvgIpc) is 2.33. The summed E-state index contributed by atoms with van der Waals surface area (Å²) in [6.45, 7) is 1.62. The molecule has 0 saturated heterocycles. The molecule has 0 saturated carbocycles. The summed E-state index contributed by atoms with van der Waals surface area (Å²) in [6, 6.07) is 7.58. The SMILES string of the molecule is CNc1nc(-c2ccccc2Br)nc(C)c1F. The monoisotopic (exact) mass is 295 g/mol. The van der Waals surface area contributed by atoms with Gasteiger partial charge < -0.3 is 5.32 Å². The van der Waals surface area contributed by atoms with Crippen LogP contribution in [0.2, 0.25) is 0 Å². The summed E-state index contributed by atoms with van der Waals surface area (Å²) in [4.78, 5) is 8.31. The number of nitrogens with zero attached hydrogens (tertiary/aromatic N) is 2. The van der Waals surface area contributed by atoms with Crippen LogP contribution in [0.25, 0.3) is 11.4 Å². The van der Waals surface area contributed by atoms with Crippen LogP contribution in [0.15, 0.2) is 28.7 Å².